The Balaban J connectivity index is 1.56. The second kappa shape index (κ2) is 7.57. The molecule has 0 saturated carbocycles. The lowest BCUT2D eigenvalue weighted by atomic mass is 10.1. The monoisotopic (exact) mass is 342 g/mol. The number of amides is 2. The Morgan fingerprint density at radius 2 is 1.76 bits per heavy atom. The van der Waals surface area contributed by atoms with Crippen molar-refractivity contribution in [3.63, 3.8) is 0 Å². The Morgan fingerprint density at radius 3 is 2.48 bits per heavy atom. The fourth-order valence-electron chi connectivity index (χ4n) is 2.34. The maximum Gasteiger partial charge on any atom is 0.255 e. The molecule has 0 aliphatic carbocycles. The van der Waals surface area contributed by atoms with E-state index >= 15 is 0 Å². The van der Waals surface area contributed by atoms with Crippen LogP contribution in [-0.2, 0) is 11.3 Å². The van der Waals surface area contributed by atoms with Gasteiger partial charge in [0.1, 0.15) is 19.0 Å². The molecule has 0 atom stereocenters. The first-order valence-electron chi connectivity index (χ1n) is 7.80. The van der Waals surface area contributed by atoms with Crippen LogP contribution in [0.4, 0.5) is 0 Å². The number of hydrogen-bond donors (Lipinski definition) is 2. The molecule has 130 valence electrons. The van der Waals surface area contributed by atoms with Crippen molar-refractivity contribution < 1.29 is 23.8 Å². The van der Waals surface area contributed by atoms with Crippen molar-refractivity contribution in [2.45, 2.75) is 6.54 Å². The summed E-state index contributed by atoms with van der Waals surface area (Å²) in [5.74, 6) is 1.11. The van der Waals surface area contributed by atoms with Crippen molar-refractivity contribution in [3.05, 3.63) is 53.6 Å². The minimum Gasteiger partial charge on any atom is -0.486 e. The van der Waals surface area contributed by atoms with E-state index in [-0.39, 0.29) is 12.5 Å². The minimum atomic E-state index is -0.554. The third-order valence-corrected chi connectivity index (χ3v) is 3.56. The van der Waals surface area contributed by atoms with Crippen molar-refractivity contribution in [3.8, 4) is 17.2 Å². The number of benzene rings is 2. The Labute approximate surface area is 144 Å². The SMILES string of the molecule is NC(=O)COc1ccc(C(=O)NCc2ccc3c(c2)OCCO3)cc1. The molecule has 0 unspecified atom stereocenters. The maximum absolute atomic E-state index is 12.2. The number of carbonyl (C=O) groups excluding carboxylic acids is 2. The van der Waals surface area contributed by atoms with Crippen LogP contribution in [-0.4, -0.2) is 31.6 Å². The quantitative estimate of drug-likeness (QED) is 0.823. The predicted octanol–water partition coefficient (Wildman–Crippen LogP) is 1.25. The summed E-state index contributed by atoms with van der Waals surface area (Å²) in [6, 6.07) is 12.0. The first kappa shape index (κ1) is 16.6. The first-order chi connectivity index (χ1) is 12.1. The van der Waals surface area contributed by atoms with E-state index in [4.69, 9.17) is 19.9 Å². The molecule has 1 aliphatic rings. The van der Waals surface area contributed by atoms with E-state index in [0.717, 1.165) is 5.56 Å². The minimum absolute atomic E-state index is 0.199. The Morgan fingerprint density at radius 1 is 1.04 bits per heavy atom. The number of carbonyl (C=O) groups is 2. The zero-order valence-corrected chi connectivity index (χ0v) is 13.5. The van der Waals surface area contributed by atoms with E-state index < -0.39 is 5.91 Å². The van der Waals surface area contributed by atoms with Gasteiger partial charge in [-0.3, -0.25) is 9.59 Å². The van der Waals surface area contributed by atoms with Crippen LogP contribution in [0.5, 0.6) is 17.2 Å². The van der Waals surface area contributed by atoms with E-state index in [2.05, 4.69) is 5.32 Å². The van der Waals surface area contributed by atoms with E-state index in [1.165, 1.54) is 0 Å². The summed E-state index contributed by atoms with van der Waals surface area (Å²) in [5.41, 5.74) is 6.42. The van der Waals surface area contributed by atoms with Crippen LogP contribution in [0.1, 0.15) is 15.9 Å². The van der Waals surface area contributed by atoms with Crippen molar-refractivity contribution in [1.29, 1.82) is 0 Å². The van der Waals surface area contributed by atoms with E-state index in [1.807, 2.05) is 18.2 Å². The number of nitrogens with one attached hydrogen (secondary N) is 1. The Hall–Kier alpha value is -3.22. The van der Waals surface area contributed by atoms with Crippen molar-refractivity contribution >= 4 is 11.8 Å². The van der Waals surface area contributed by atoms with Crippen molar-refractivity contribution in [2.75, 3.05) is 19.8 Å². The van der Waals surface area contributed by atoms with E-state index in [9.17, 15) is 9.59 Å². The van der Waals surface area contributed by atoms with Gasteiger partial charge in [0.05, 0.1) is 0 Å². The van der Waals surface area contributed by atoms with E-state index in [0.29, 0.717) is 42.6 Å². The number of ether oxygens (including phenoxy) is 3. The molecule has 3 rings (SSSR count). The molecule has 25 heavy (non-hydrogen) atoms. The standard InChI is InChI=1S/C18H18N2O5/c19-17(21)11-25-14-4-2-13(3-5-14)18(22)20-10-12-1-6-15-16(9-12)24-8-7-23-15/h1-6,9H,7-8,10-11H2,(H2,19,21)(H,20,22). The molecule has 0 bridgehead atoms. The molecule has 7 heteroatoms. The van der Waals surface area contributed by atoms with Crippen molar-refractivity contribution in [1.82, 2.24) is 5.32 Å². The molecule has 0 saturated heterocycles. The van der Waals surface area contributed by atoms with Gasteiger partial charge in [-0.05, 0) is 42.0 Å². The Bertz CT molecular complexity index is 774. The lowest BCUT2D eigenvalue weighted by molar-refractivity contribution is -0.119. The molecule has 3 N–H and O–H groups in total. The van der Waals surface area contributed by atoms with Gasteiger partial charge in [-0.1, -0.05) is 6.07 Å². The van der Waals surface area contributed by atoms with Gasteiger partial charge in [0, 0.05) is 12.1 Å². The molecule has 2 amide bonds. The molecule has 2 aromatic rings. The van der Waals surface area contributed by atoms with Crippen LogP contribution in [0.25, 0.3) is 0 Å². The van der Waals surface area contributed by atoms with Crippen LogP contribution >= 0.6 is 0 Å². The fourth-order valence-corrected chi connectivity index (χ4v) is 2.34. The molecular formula is C18H18N2O5. The lowest BCUT2D eigenvalue weighted by Crippen LogP contribution is -2.23. The second-order valence-electron chi connectivity index (χ2n) is 5.44. The lowest BCUT2D eigenvalue weighted by Gasteiger charge is -2.19. The van der Waals surface area contributed by atoms with Crippen LogP contribution in [0, 0.1) is 0 Å². The summed E-state index contributed by atoms with van der Waals surface area (Å²) in [6.07, 6.45) is 0. The number of hydrogen-bond acceptors (Lipinski definition) is 5. The van der Waals surface area contributed by atoms with Gasteiger partial charge in [-0.2, -0.15) is 0 Å². The third kappa shape index (κ3) is 4.41. The van der Waals surface area contributed by atoms with Crippen LogP contribution in [0.15, 0.2) is 42.5 Å². The zero-order chi connectivity index (χ0) is 17.6. The fraction of sp³-hybridized carbons (Fsp3) is 0.222. The smallest absolute Gasteiger partial charge is 0.255 e. The van der Waals surface area contributed by atoms with Crippen LogP contribution in [0.3, 0.4) is 0 Å². The number of nitrogens with two attached hydrogens (primary N) is 1. The van der Waals surface area contributed by atoms with Gasteiger partial charge < -0.3 is 25.3 Å². The number of fused-ring (bicyclic) bond motifs is 1. The molecule has 0 fully saturated rings. The van der Waals surface area contributed by atoms with Crippen LogP contribution in [0.2, 0.25) is 0 Å². The molecule has 1 aliphatic heterocycles. The highest BCUT2D eigenvalue weighted by Crippen LogP contribution is 2.30. The largest absolute Gasteiger partial charge is 0.486 e. The van der Waals surface area contributed by atoms with E-state index in [1.54, 1.807) is 24.3 Å². The first-order valence-corrected chi connectivity index (χ1v) is 7.80. The highest BCUT2D eigenvalue weighted by atomic mass is 16.6. The average molecular weight is 342 g/mol. The van der Waals surface area contributed by atoms with Gasteiger partial charge in [0.2, 0.25) is 0 Å². The Kier molecular flexibility index (Phi) is 5.03. The predicted molar refractivity (Wildman–Crippen MR) is 89.7 cm³/mol. The summed E-state index contributed by atoms with van der Waals surface area (Å²) >= 11 is 0. The summed E-state index contributed by atoms with van der Waals surface area (Å²) in [4.78, 5) is 22.9. The number of rotatable bonds is 6. The van der Waals surface area contributed by atoms with Gasteiger partial charge in [-0.25, -0.2) is 0 Å². The second-order valence-corrected chi connectivity index (χ2v) is 5.44. The molecule has 2 aromatic carbocycles. The average Bonchev–Trinajstić information content (AvgIpc) is 2.64. The number of primary amides is 1. The molecule has 0 spiro atoms. The summed E-state index contributed by atoms with van der Waals surface area (Å²) in [5, 5.41) is 2.84. The molecule has 0 radical (unpaired) electrons. The maximum atomic E-state index is 12.2. The molecule has 7 nitrogen and oxygen atoms in total. The highest BCUT2D eigenvalue weighted by Gasteiger charge is 2.12. The van der Waals surface area contributed by atoms with Crippen molar-refractivity contribution in [2.24, 2.45) is 5.73 Å². The summed E-state index contributed by atoms with van der Waals surface area (Å²) < 4.78 is 16.1. The zero-order valence-electron chi connectivity index (χ0n) is 13.5. The van der Waals surface area contributed by atoms with Gasteiger partial charge in [0.25, 0.3) is 11.8 Å². The molecule has 0 aromatic heterocycles. The van der Waals surface area contributed by atoms with Gasteiger partial charge >= 0.3 is 0 Å². The topological polar surface area (TPSA) is 99.9 Å². The molecule has 1 heterocycles. The van der Waals surface area contributed by atoms with Gasteiger partial charge in [-0.15, -0.1) is 0 Å². The van der Waals surface area contributed by atoms with Gasteiger partial charge in [0.15, 0.2) is 18.1 Å². The normalized spacial score (nSPS) is 12.3. The summed E-state index contributed by atoms with van der Waals surface area (Å²) in [7, 11) is 0. The molecular weight excluding hydrogens is 324 g/mol. The van der Waals surface area contributed by atoms with Crippen LogP contribution < -0.4 is 25.3 Å². The third-order valence-electron chi connectivity index (χ3n) is 3.56. The highest BCUT2D eigenvalue weighted by molar-refractivity contribution is 5.94. The summed E-state index contributed by atoms with van der Waals surface area (Å²) in [6.45, 7) is 1.24.